The Morgan fingerprint density at radius 2 is 1.89 bits per heavy atom. The second-order valence-corrected chi connectivity index (χ2v) is 5.42. The predicted octanol–water partition coefficient (Wildman–Crippen LogP) is -0.219. The van der Waals surface area contributed by atoms with Crippen molar-refractivity contribution in [1.29, 1.82) is 0 Å². The molecule has 8 heteroatoms. The standard InChI is InChI=1S/C10H15N5O2S/c11-8-12-9(15-1-3-16-4-2-15)14-10(13-8)18-7-5-17-6-7/h7H,1-6H2,(H2,11,12,13,14). The molecule has 0 unspecified atom stereocenters. The first kappa shape index (κ1) is 11.9. The van der Waals surface area contributed by atoms with Gasteiger partial charge >= 0.3 is 0 Å². The molecule has 0 atom stereocenters. The Morgan fingerprint density at radius 3 is 2.56 bits per heavy atom. The largest absolute Gasteiger partial charge is 0.379 e. The van der Waals surface area contributed by atoms with Gasteiger partial charge in [-0.2, -0.15) is 15.0 Å². The highest BCUT2D eigenvalue weighted by Crippen LogP contribution is 2.26. The van der Waals surface area contributed by atoms with Crippen LogP contribution in [-0.4, -0.2) is 59.7 Å². The van der Waals surface area contributed by atoms with E-state index in [0.29, 0.717) is 29.6 Å². The van der Waals surface area contributed by atoms with E-state index in [2.05, 4.69) is 19.9 Å². The van der Waals surface area contributed by atoms with Crippen LogP contribution in [0, 0.1) is 0 Å². The summed E-state index contributed by atoms with van der Waals surface area (Å²) in [6.07, 6.45) is 0. The van der Waals surface area contributed by atoms with Crippen molar-refractivity contribution in [2.45, 2.75) is 10.4 Å². The van der Waals surface area contributed by atoms with E-state index >= 15 is 0 Å². The highest BCUT2D eigenvalue weighted by molar-refractivity contribution is 7.99. The minimum atomic E-state index is 0.272. The fourth-order valence-corrected chi connectivity index (χ4v) is 2.66. The maximum atomic E-state index is 5.74. The maximum absolute atomic E-state index is 5.74. The molecule has 0 aliphatic carbocycles. The Balaban J connectivity index is 1.75. The molecular formula is C10H15N5O2S. The number of ether oxygens (including phenoxy) is 2. The molecule has 0 saturated carbocycles. The monoisotopic (exact) mass is 269 g/mol. The summed E-state index contributed by atoms with van der Waals surface area (Å²) in [5, 5.41) is 1.11. The van der Waals surface area contributed by atoms with Gasteiger partial charge in [0.15, 0.2) is 5.16 Å². The molecule has 1 aromatic heterocycles. The number of thioether (sulfide) groups is 1. The van der Waals surface area contributed by atoms with Crippen molar-refractivity contribution < 1.29 is 9.47 Å². The highest BCUT2D eigenvalue weighted by atomic mass is 32.2. The Morgan fingerprint density at radius 1 is 1.11 bits per heavy atom. The van der Waals surface area contributed by atoms with E-state index in [4.69, 9.17) is 15.2 Å². The first-order chi connectivity index (χ1) is 8.81. The molecule has 7 nitrogen and oxygen atoms in total. The first-order valence-electron chi connectivity index (χ1n) is 5.90. The van der Waals surface area contributed by atoms with E-state index in [9.17, 15) is 0 Å². The summed E-state index contributed by atoms with van der Waals surface area (Å²) in [5.41, 5.74) is 5.74. The predicted molar refractivity (Wildman–Crippen MR) is 67.7 cm³/mol. The lowest BCUT2D eigenvalue weighted by molar-refractivity contribution is 0.0454. The number of rotatable bonds is 3. The Labute approximate surface area is 109 Å². The Kier molecular flexibility index (Phi) is 3.48. The quantitative estimate of drug-likeness (QED) is 0.806. The van der Waals surface area contributed by atoms with Crippen molar-refractivity contribution in [2.24, 2.45) is 0 Å². The second-order valence-electron chi connectivity index (χ2n) is 4.15. The molecule has 2 N–H and O–H groups in total. The zero-order valence-electron chi connectivity index (χ0n) is 9.91. The lowest BCUT2D eigenvalue weighted by Gasteiger charge is -2.27. The van der Waals surface area contributed by atoms with Crippen molar-refractivity contribution in [2.75, 3.05) is 50.2 Å². The topological polar surface area (TPSA) is 86.4 Å². The van der Waals surface area contributed by atoms with Crippen molar-refractivity contribution in [3.05, 3.63) is 0 Å². The van der Waals surface area contributed by atoms with E-state index in [1.54, 1.807) is 11.8 Å². The minimum Gasteiger partial charge on any atom is -0.379 e. The van der Waals surface area contributed by atoms with Gasteiger partial charge in [-0.3, -0.25) is 0 Å². The number of aromatic nitrogens is 3. The van der Waals surface area contributed by atoms with Crippen LogP contribution in [0.1, 0.15) is 0 Å². The van der Waals surface area contributed by atoms with Crippen LogP contribution in [0.4, 0.5) is 11.9 Å². The SMILES string of the molecule is Nc1nc(SC2COC2)nc(N2CCOCC2)n1. The number of hydrogen-bond acceptors (Lipinski definition) is 8. The molecule has 18 heavy (non-hydrogen) atoms. The van der Waals surface area contributed by atoms with Crippen LogP contribution < -0.4 is 10.6 Å². The molecule has 0 spiro atoms. The lowest BCUT2D eigenvalue weighted by atomic mass is 10.4. The fraction of sp³-hybridized carbons (Fsp3) is 0.700. The van der Waals surface area contributed by atoms with Gasteiger partial charge in [-0.05, 0) is 0 Å². The summed E-state index contributed by atoms with van der Waals surface area (Å²) >= 11 is 1.60. The average molecular weight is 269 g/mol. The molecule has 0 radical (unpaired) electrons. The van der Waals surface area contributed by atoms with E-state index in [1.165, 1.54) is 0 Å². The number of nitrogen functional groups attached to an aromatic ring is 1. The molecule has 2 saturated heterocycles. The summed E-state index contributed by atoms with van der Waals surface area (Å²) in [7, 11) is 0. The molecule has 2 fully saturated rings. The normalized spacial score (nSPS) is 20.8. The Hall–Kier alpha value is -1.12. The third-order valence-corrected chi connectivity index (χ3v) is 3.79. The number of nitrogens with two attached hydrogens (primary N) is 1. The van der Waals surface area contributed by atoms with Gasteiger partial charge in [0, 0.05) is 13.1 Å². The van der Waals surface area contributed by atoms with Crippen LogP contribution in [-0.2, 0) is 9.47 Å². The smallest absolute Gasteiger partial charge is 0.231 e. The average Bonchev–Trinajstić information content (AvgIpc) is 2.34. The van der Waals surface area contributed by atoms with Crippen LogP contribution in [0.5, 0.6) is 0 Å². The van der Waals surface area contributed by atoms with Crippen LogP contribution in [0.3, 0.4) is 0 Å². The summed E-state index contributed by atoms with van der Waals surface area (Å²) in [6.45, 7) is 4.49. The molecule has 3 rings (SSSR count). The lowest BCUT2D eigenvalue weighted by Crippen LogP contribution is -2.37. The molecule has 2 aliphatic heterocycles. The molecule has 0 bridgehead atoms. The van der Waals surface area contributed by atoms with E-state index < -0.39 is 0 Å². The molecular weight excluding hydrogens is 254 g/mol. The zero-order chi connectivity index (χ0) is 12.4. The number of hydrogen-bond donors (Lipinski definition) is 1. The van der Waals surface area contributed by atoms with Crippen molar-refractivity contribution >= 4 is 23.7 Å². The minimum absolute atomic E-state index is 0.272. The van der Waals surface area contributed by atoms with Crippen LogP contribution >= 0.6 is 11.8 Å². The molecule has 0 amide bonds. The fourth-order valence-electron chi connectivity index (χ4n) is 1.75. The van der Waals surface area contributed by atoms with Crippen molar-refractivity contribution in [3.8, 4) is 0 Å². The first-order valence-corrected chi connectivity index (χ1v) is 6.78. The number of morpholine rings is 1. The second kappa shape index (κ2) is 5.25. The summed E-state index contributed by atoms with van der Waals surface area (Å²) in [5.74, 6) is 0.919. The summed E-state index contributed by atoms with van der Waals surface area (Å²) < 4.78 is 10.4. The van der Waals surface area contributed by atoms with E-state index in [1.807, 2.05) is 0 Å². The molecule has 2 aliphatic rings. The van der Waals surface area contributed by atoms with Gasteiger partial charge in [0.25, 0.3) is 0 Å². The Bertz CT molecular complexity index is 423. The number of anilines is 2. The molecule has 98 valence electrons. The van der Waals surface area contributed by atoms with E-state index in [0.717, 1.165) is 26.3 Å². The molecule has 3 heterocycles. The zero-order valence-corrected chi connectivity index (χ0v) is 10.7. The third kappa shape index (κ3) is 2.65. The van der Waals surface area contributed by atoms with Gasteiger partial charge in [-0.25, -0.2) is 0 Å². The van der Waals surface area contributed by atoms with Crippen molar-refractivity contribution in [1.82, 2.24) is 15.0 Å². The van der Waals surface area contributed by atoms with Crippen molar-refractivity contribution in [3.63, 3.8) is 0 Å². The van der Waals surface area contributed by atoms with Gasteiger partial charge in [-0.15, -0.1) is 0 Å². The highest BCUT2D eigenvalue weighted by Gasteiger charge is 2.22. The van der Waals surface area contributed by atoms with Crippen LogP contribution in [0.15, 0.2) is 5.16 Å². The maximum Gasteiger partial charge on any atom is 0.231 e. The number of nitrogens with zero attached hydrogens (tertiary/aromatic N) is 4. The van der Waals surface area contributed by atoms with E-state index in [-0.39, 0.29) is 5.95 Å². The van der Waals surface area contributed by atoms with Crippen LogP contribution in [0.25, 0.3) is 0 Å². The van der Waals surface area contributed by atoms with Gasteiger partial charge in [-0.1, -0.05) is 11.8 Å². The van der Waals surface area contributed by atoms with Gasteiger partial charge in [0.05, 0.1) is 31.7 Å². The third-order valence-electron chi connectivity index (χ3n) is 2.79. The molecule has 0 aromatic carbocycles. The summed E-state index contributed by atoms with van der Waals surface area (Å²) in [4.78, 5) is 14.9. The molecule has 1 aromatic rings. The van der Waals surface area contributed by atoms with Gasteiger partial charge in [0.1, 0.15) is 0 Å². The van der Waals surface area contributed by atoms with Gasteiger partial charge < -0.3 is 20.1 Å². The summed E-state index contributed by atoms with van der Waals surface area (Å²) in [6, 6.07) is 0. The van der Waals surface area contributed by atoms with Gasteiger partial charge in [0.2, 0.25) is 11.9 Å². The van der Waals surface area contributed by atoms with Crippen LogP contribution in [0.2, 0.25) is 0 Å².